The molecule has 0 bridgehead atoms. The second-order valence-corrected chi connectivity index (χ2v) is 22.2. The Morgan fingerprint density at radius 2 is 0.903 bits per heavy atom. The summed E-state index contributed by atoms with van der Waals surface area (Å²) in [5, 5.41) is 16.1. The Morgan fingerprint density at radius 3 is 1.18 bits per heavy atom. The maximum atomic E-state index is 13.6. The summed E-state index contributed by atoms with van der Waals surface area (Å²) in [6.07, 6.45) is 5.24. The van der Waals surface area contributed by atoms with Gasteiger partial charge in [-0.05, 0) is 51.0 Å². The van der Waals surface area contributed by atoms with Gasteiger partial charge < -0.3 is 37.9 Å². The van der Waals surface area contributed by atoms with Crippen LogP contribution in [0.3, 0.4) is 0 Å². The molecule has 0 saturated carbocycles. The van der Waals surface area contributed by atoms with E-state index in [9.17, 15) is 16.8 Å². The van der Waals surface area contributed by atoms with E-state index in [0.717, 1.165) is 12.8 Å². The number of sulfone groups is 2. The topological polar surface area (TPSA) is 255 Å². The van der Waals surface area contributed by atoms with Crippen LogP contribution >= 0.6 is 23.2 Å². The van der Waals surface area contributed by atoms with Gasteiger partial charge in [-0.2, -0.15) is 0 Å². The smallest absolute Gasteiger partial charge is 0.163 e. The molecule has 6 heterocycles. The van der Waals surface area contributed by atoms with Crippen molar-refractivity contribution < 1.29 is 54.7 Å². The van der Waals surface area contributed by atoms with Crippen molar-refractivity contribution in [2.75, 3.05) is 69.1 Å². The third kappa shape index (κ3) is 11.8. The molecule has 388 valence electrons. The monoisotopic (exact) mass is 1070 g/mol. The number of halogens is 2. The standard InChI is InChI=1S/2C23H28ClN5O6S/c2*1-14(21(34-4)22-25-10-16(24)11-26-22)36(30,31)13-19-27-28-23(15-8-9-35-12-15)29(19)20-17(32-2)6-5-7-18(20)33-3/h2*5-7,10-11,14-15,21H,8-9,12-13H2,1-4H3/t14-,15+,21-;14-,15-,21-/m00/s1. The van der Waals surface area contributed by atoms with Gasteiger partial charge in [-0.3, -0.25) is 9.13 Å². The maximum absolute atomic E-state index is 13.6. The lowest BCUT2D eigenvalue weighted by atomic mass is 10.1. The zero-order valence-electron chi connectivity index (χ0n) is 40.8. The molecule has 0 aliphatic carbocycles. The number of methoxy groups -OCH3 is 6. The zero-order chi connectivity index (χ0) is 51.7. The lowest BCUT2D eigenvalue weighted by Crippen LogP contribution is -2.30. The van der Waals surface area contributed by atoms with Gasteiger partial charge in [-0.1, -0.05) is 35.3 Å². The molecular formula is C46H56Cl2N10O12S2. The Morgan fingerprint density at radius 1 is 0.569 bits per heavy atom. The second kappa shape index (κ2) is 24.0. The quantitative estimate of drug-likeness (QED) is 0.0869. The fraction of sp³-hybridized carbons (Fsp3) is 0.478. The number of nitrogens with zero attached hydrogens (tertiary/aromatic N) is 10. The van der Waals surface area contributed by atoms with Gasteiger partial charge >= 0.3 is 0 Å². The van der Waals surface area contributed by atoms with E-state index in [1.54, 1.807) is 59.4 Å². The van der Waals surface area contributed by atoms with E-state index < -0.39 is 53.9 Å². The lowest BCUT2D eigenvalue weighted by Gasteiger charge is -2.22. The first-order chi connectivity index (χ1) is 34.6. The Kier molecular flexibility index (Phi) is 18.0. The SMILES string of the molecule is COc1cccc(OC)c1-n1c(CS(=O)(=O)[C@@H](C)[C@H](OC)c2ncc(Cl)cn2)nnc1[C@@H]1CCOC1.COc1cccc(OC)c1-n1c(CS(=O)(=O)[C@@H](C)[C@H](OC)c2ncc(Cl)cn2)nnc1[C@H]1CCOC1. The number of benzene rings is 2. The molecule has 0 amide bonds. The normalized spacial score (nSPS) is 17.6. The molecule has 0 spiro atoms. The van der Waals surface area contributed by atoms with Crippen LogP contribution in [0.2, 0.25) is 10.0 Å². The first-order valence-corrected chi connectivity index (χ1v) is 26.7. The van der Waals surface area contributed by atoms with E-state index in [4.69, 9.17) is 61.1 Å². The van der Waals surface area contributed by atoms with Crippen molar-refractivity contribution in [1.82, 2.24) is 49.5 Å². The van der Waals surface area contributed by atoms with Crippen LogP contribution in [-0.4, -0.2) is 146 Å². The van der Waals surface area contributed by atoms with Crippen molar-refractivity contribution in [2.24, 2.45) is 0 Å². The minimum absolute atomic E-state index is 0.0600. The summed E-state index contributed by atoms with van der Waals surface area (Å²) < 4.78 is 102. The summed E-state index contributed by atoms with van der Waals surface area (Å²) in [5.41, 5.74) is 1.05. The van der Waals surface area contributed by atoms with E-state index in [1.807, 2.05) is 0 Å². The molecule has 2 saturated heterocycles. The summed E-state index contributed by atoms with van der Waals surface area (Å²) in [4.78, 5) is 16.6. The molecule has 2 aliphatic rings. The van der Waals surface area contributed by atoms with E-state index in [0.29, 0.717) is 82.5 Å². The fourth-order valence-electron chi connectivity index (χ4n) is 8.40. The highest BCUT2D eigenvalue weighted by molar-refractivity contribution is 7.91. The third-order valence-corrected chi connectivity index (χ3v) is 16.8. The van der Waals surface area contributed by atoms with Crippen LogP contribution in [0.4, 0.5) is 0 Å². The molecule has 26 heteroatoms. The highest BCUT2D eigenvalue weighted by Crippen LogP contribution is 2.40. The van der Waals surface area contributed by atoms with Crippen molar-refractivity contribution in [2.45, 2.75) is 72.7 Å². The number of ether oxygens (including phenoxy) is 8. The largest absolute Gasteiger partial charge is 0.494 e. The summed E-state index contributed by atoms with van der Waals surface area (Å²) in [6.45, 7) is 5.19. The molecule has 4 aromatic heterocycles. The van der Waals surface area contributed by atoms with E-state index >= 15 is 0 Å². The van der Waals surface area contributed by atoms with Crippen molar-refractivity contribution >= 4 is 42.9 Å². The number of hydrogen-bond donors (Lipinski definition) is 0. The Hall–Kier alpha value is -5.60. The van der Waals surface area contributed by atoms with Gasteiger partial charge in [0.25, 0.3) is 0 Å². The molecular weight excluding hydrogens is 1020 g/mol. The molecule has 2 fully saturated rings. The van der Waals surface area contributed by atoms with Gasteiger partial charge in [0.05, 0.1) is 62.2 Å². The molecule has 2 aromatic carbocycles. The molecule has 6 atom stereocenters. The lowest BCUT2D eigenvalue weighted by molar-refractivity contribution is 0.0947. The average Bonchev–Trinajstić information content (AvgIpc) is 4.24. The zero-order valence-corrected chi connectivity index (χ0v) is 44.0. The average molecular weight is 1080 g/mol. The van der Waals surface area contributed by atoms with Gasteiger partial charge in [0, 0.05) is 64.1 Å². The first kappa shape index (κ1) is 54.2. The van der Waals surface area contributed by atoms with Crippen LogP contribution in [0, 0.1) is 0 Å². The third-order valence-electron chi connectivity index (χ3n) is 12.3. The second-order valence-electron chi connectivity index (χ2n) is 16.6. The summed E-state index contributed by atoms with van der Waals surface area (Å²) in [7, 11) is 1.30. The first-order valence-electron chi connectivity index (χ1n) is 22.5. The fourth-order valence-corrected chi connectivity index (χ4v) is 11.4. The van der Waals surface area contributed by atoms with Gasteiger partial charge in [0.1, 0.15) is 69.7 Å². The molecule has 2 aliphatic heterocycles. The predicted octanol–water partition coefficient (Wildman–Crippen LogP) is 5.85. The molecule has 72 heavy (non-hydrogen) atoms. The number of rotatable bonds is 20. The van der Waals surface area contributed by atoms with Crippen molar-refractivity contribution in [3.05, 3.63) is 106 Å². The number of para-hydroxylation sites is 2. The molecule has 0 radical (unpaired) electrons. The van der Waals surface area contributed by atoms with Crippen molar-refractivity contribution in [3.8, 4) is 34.4 Å². The van der Waals surface area contributed by atoms with E-state index in [2.05, 4.69) is 40.3 Å². The minimum Gasteiger partial charge on any atom is -0.494 e. The van der Waals surface area contributed by atoms with Gasteiger partial charge in [-0.25, -0.2) is 36.8 Å². The molecule has 8 rings (SSSR count). The van der Waals surface area contributed by atoms with Crippen molar-refractivity contribution in [1.29, 1.82) is 0 Å². The summed E-state index contributed by atoms with van der Waals surface area (Å²) in [5.74, 6) is 3.06. The highest BCUT2D eigenvalue weighted by Gasteiger charge is 2.38. The number of hydrogen-bond acceptors (Lipinski definition) is 20. The summed E-state index contributed by atoms with van der Waals surface area (Å²) >= 11 is 11.8. The summed E-state index contributed by atoms with van der Waals surface area (Å²) in [6, 6.07) is 10.7. The van der Waals surface area contributed by atoms with E-state index in [1.165, 1.54) is 67.4 Å². The van der Waals surface area contributed by atoms with Crippen LogP contribution in [0.25, 0.3) is 11.4 Å². The molecule has 0 N–H and O–H groups in total. The van der Waals surface area contributed by atoms with Crippen LogP contribution in [0.5, 0.6) is 23.0 Å². The van der Waals surface area contributed by atoms with Crippen molar-refractivity contribution in [3.63, 3.8) is 0 Å². The Balaban J connectivity index is 0.000000211. The van der Waals surface area contributed by atoms with E-state index in [-0.39, 0.29) is 35.1 Å². The molecule has 22 nitrogen and oxygen atoms in total. The van der Waals surface area contributed by atoms with Crippen LogP contribution in [-0.2, 0) is 50.1 Å². The van der Waals surface area contributed by atoms with Crippen LogP contribution in [0.1, 0.15) is 85.7 Å². The van der Waals surface area contributed by atoms with Crippen LogP contribution in [0.15, 0.2) is 61.2 Å². The molecule has 0 unspecified atom stereocenters. The number of aromatic nitrogens is 10. The minimum atomic E-state index is -3.84. The predicted molar refractivity (Wildman–Crippen MR) is 263 cm³/mol. The van der Waals surface area contributed by atoms with Gasteiger partial charge in [-0.15, -0.1) is 20.4 Å². The molecule has 6 aromatic rings. The van der Waals surface area contributed by atoms with Gasteiger partial charge in [0.2, 0.25) is 0 Å². The highest BCUT2D eigenvalue weighted by atomic mass is 35.5. The Bertz CT molecular complexity index is 2750. The van der Waals surface area contributed by atoms with Gasteiger partial charge in [0.15, 0.2) is 43.0 Å². The maximum Gasteiger partial charge on any atom is 0.163 e. The van der Waals surface area contributed by atoms with Crippen LogP contribution < -0.4 is 18.9 Å². The Labute approximate surface area is 427 Å².